The minimum Gasteiger partial charge on any atom is -0.486 e. The molecule has 0 saturated carbocycles. The number of hydrogen-bond donors (Lipinski definition) is 2. The highest BCUT2D eigenvalue weighted by Crippen LogP contribution is 2.35. The Morgan fingerprint density at radius 2 is 1.48 bits per heavy atom. The molecule has 0 fully saturated rings. The Bertz CT molecular complexity index is 901. The van der Waals surface area contributed by atoms with E-state index in [2.05, 4.69) is 18.2 Å². The van der Waals surface area contributed by atoms with Gasteiger partial charge >= 0.3 is 0 Å². The van der Waals surface area contributed by atoms with Crippen molar-refractivity contribution in [1.29, 1.82) is 0 Å². The summed E-state index contributed by atoms with van der Waals surface area (Å²) >= 11 is 0. The Kier molecular flexibility index (Phi) is 7.08. The molecule has 3 rings (SSSR count). The average Bonchev–Trinajstić information content (AvgIpc) is 2.79. The smallest absolute Gasteiger partial charge is 0.127 e. The maximum absolute atomic E-state index is 11.0. The number of benzene rings is 3. The SMILES string of the molecule is CCC(O)(CC)CC(Oc1cccc(-c2ccccc2)c1)c1ccccc1CO. The molecule has 3 aromatic rings. The normalized spacial score (nSPS) is 12.6. The monoisotopic (exact) mass is 390 g/mol. The second kappa shape index (κ2) is 9.73. The van der Waals surface area contributed by atoms with E-state index in [9.17, 15) is 10.2 Å². The average molecular weight is 391 g/mol. The first kappa shape index (κ1) is 21.1. The molecule has 0 saturated heterocycles. The van der Waals surface area contributed by atoms with Crippen LogP contribution in [-0.4, -0.2) is 15.8 Å². The molecule has 0 spiro atoms. The van der Waals surface area contributed by atoms with Gasteiger partial charge in [-0.15, -0.1) is 0 Å². The zero-order valence-electron chi connectivity index (χ0n) is 17.2. The van der Waals surface area contributed by atoms with Gasteiger partial charge in [0.2, 0.25) is 0 Å². The van der Waals surface area contributed by atoms with Gasteiger partial charge in [0.05, 0.1) is 12.2 Å². The highest BCUT2D eigenvalue weighted by Gasteiger charge is 2.30. The first-order valence-electron chi connectivity index (χ1n) is 10.3. The second-order valence-electron chi connectivity index (χ2n) is 7.49. The Balaban J connectivity index is 1.95. The lowest BCUT2D eigenvalue weighted by atomic mass is 9.87. The van der Waals surface area contributed by atoms with Crippen LogP contribution in [0.2, 0.25) is 0 Å². The molecule has 152 valence electrons. The van der Waals surface area contributed by atoms with Crippen LogP contribution in [0.5, 0.6) is 5.75 Å². The van der Waals surface area contributed by atoms with Gasteiger partial charge in [0.1, 0.15) is 11.9 Å². The van der Waals surface area contributed by atoms with Crippen LogP contribution < -0.4 is 4.74 Å². The van der Waals surface area contributed by atoms with E-state index in [-0.39, 0.29) is 12.7 Å². The third kappa shape index (κ3) is 5.26. The molecule has 3 heteroatoms. The number of aliphatic hydroxyl groups excluding tert-OH is 1. The van der Waals surface area contributed by atoms with Crippen molar-refractivity contribution in [3.05, 3.63) is 90.0 Å². The van der Waals surface area contributed by atoms with Gasteiger partial charge in [-0.1, -0.05) is 80.6 Å². The van der Waals surface area contributed by atoms with Gasteiger partial charge in [0.15, 0.2) is 0 Å². The van der Waals surface area contributed by atoms with Gasteiger partial charge in [-0.3, -0.25) is 0 Å². The molecule has 1 unspecified atom stereocenters. The van der Waals surface area contributed by atoms with Crippen LogP contribution in [0.1, 0.15) is 50.3 Å². The van der Waals surface area contributed by atoms with Crippen LogP contribution in [0.3, 0.4) is 0 Å². The summed E-state index contributed by atoms with van der Waals surface area (Å²) in [5.41, 5.74) is 3.14. The largest absolute Gasteiger partial charge is 0.486 e. The standard InChI is InChI=1S/C26H30O3/c1-3-26(28,4-2)18-25(24-16-9-8-13-22(24)19-27)29-23-15-10-14-21(17-23)20-11-6-5-7-12-20/h5-17,25,27-28H,3-4,18-19H2,1-2H3. The van der Waals surface area contributed by atoms with Gasteiger partial charge in [0, 0.05) is 6.42 Å². The summed E-state index contributed by atoms with van der Waals surface area (Å²) in [7, 11) is 0. The van der Waals surface area contributed by atoms with Crippen molar-refractivity contribution in [1.82, 2.24) is 0 Å². The quantitative estimate of drug-likeness (QED) is 0.478. The molecular weight excluding hydrogens is 360 g/mol. The fourth-order valence-electron chi connectivity index (χ4n) is 3.64. The molecule has 3 aromatic carbocycles. The van der Waals surface area contributed by atoms with Crippen LogP contribution >= 0.6 is 0 Å². The highest BCUT2D eigenvalue weighted by molar-refractivity contribution is 5.64. The van der Waals surface area contributed by atoms with Crippen LogP contribution in [0.15, 0.2) is 78.9 Å². The summed E-state index contributed by atoms with van der Waals surface area (Å²) in [4.78, 5) is 0. The molecule has 0 aliphatic rings. The second-order valence-corrected chi connectivity index (χ2v) is 7.49. The van der Waals surface area contributed by atoms with Gasteiger partial charge in [-0.05, 0) is 47.2 Å². The van der Waals surface area contributed by atoms with Crippen LogP contribution in [-0.2, 0) is 6.61 Å². The molecule has 2 N–H and O–H groups in total. The molecule has 0 bridgehead atoms. The lowest BCUT2D eigenvalue weighted by Gasteiger charge is -2.31. The summed E-state index contributed by atoms with van der Waals surface area (Å²) in [6.45, 7) is 3.93. The lowest BCUT2D eigenvalue weighted by Crippen LogP contribution is -2.31. The van der Waals surface area contributed by atoms with Crippen molar-refractivity contribution in [2.75, 3.05) is 0 Å². The minimum atomic E-state index is -0.815. The zero-order valence-corrected chi connectivity index (χ0v) is 17.2. The maximum Gasteiger partial charge on any atom is 0.127 e. The number of aliphatic hydroxyl groups is 2. The molecule has 0 amide bonds. The van der Waals surface area contributed by atoms with Crippen LogP contribution in [0.4, 0.5) is 0 Å². The predicted molar refractivity (Wildman–Crippen MR) is 118 cm³/mol. The topological polar surface area (TPSA) is 49.7 Å². The van der Waals surface area contributed by atoms with Crippen molar-refractivity contribution < 1.29 is 14.9 Å². The van der Waals surface area contributed by atoms with E-state index in [1.165, 1.54) is 0 Å². The molecule has 0 aromatic heterocycles. The fourth-order valence-corrected chi connectivity index (χ4v) is 3.64. The number of rotatable bonds is 9. The van der Waals surface area contributed by atoms with Gasteiger partial charge in [-0.25, -0.2) is 0 Å². The number of ether oxygens (including phenoxy) is 1. The first-order valence-corrected chi connectivity index (χ1v) is 10.3. The number of hydrogen-bond acceptors (Lipinski definition) is 3. The maximum atomic E-state index is 11.0. The molecule has 29 heavy (non-hydrogen) atoms. The van der Waals surface area contributed by atoms with Crippen molar-refractivity contribution in [2.24, 2.45) is 0 Å². The van der Waals surface area contributed by atoms with E-state index in [4.69, 9.17) is 4.74 Å². The van der Waals surface area contributed by atoms with E-state index in [0.717, 1.165) is 28.0 Å². The van der Waals surface area contributed by atoms with E-state index in [1.54, 1.807) is 0 Å². The highest BCUT2D eigenvalue weighted by atomic mass is 16.5. The molecule has 3 nitrogen and oxygen atoms in total. The third-order valence-corrected chi connectivity index (χ3v) is 5.67. The predicted octanol–water partition coefficient (Wildman–Crippen LogP) is 5.91. The van der Waals surface area contributed by atoms with Gasteiger partial charge in [-0.2, -0.15) is 0 Å². The fraction of sp³-hybridized carbons (Fsp3) is 0.308. The molecule has 0 radical (unpaired) electrons. The van der Waals surface area contributed by atoms with E-state index >= 15 is 0 Å². The molecule has 0 aliphatic heterocycles. The first-order chi connectivity index (χ1) is 14.1. The van der Waals surface area contributed by atoms with Gasteiger partial charge in [0.25, 0.3) is 0 Å². The Labute approximate surface area is 173 Å². The van der Waals surface area contributed by atoms with Crippen LogP contribution in [0.25, 0.3) is 11.1 Å². The van der Waals surface area contributed by atoms with E-state index in [0.29, 0.717) is 19.3 Å². The van der Waals surface area contributed by atoms with Crippen molar-refractivity contribution in [3.8, 4) is 16.9 Å². The van der Waals surface area contributed by atoms with Crippen LogP contribution in [0, 0.1) is 0 Å². The Hall–Kier alpha value is -2.62. The molecule has 0 aliphatic carbocycles. The molecule has 1 atom stereocenters. The van der Waals surface area contributed by atoms with E-state index in [1.807, 2.05) is 74.5 Å². The summed E-state index contributed by atoms with van der Waals surface area (Å²) in [6.07, 6.45) is 1.41. The summed E-state index contributed by atoms with van der Waals surface area (Å²) in [5, 5.41) is 20.8. The zero-order chi connectivity index (χ0) is 20.7. The molecule has 0 heterocycles. The summed E-state index contributed by atoms with van der Waals surface area (Å²) in [6, 6.07) is 25.9. The minimum absolute atomic E-state index is 0.0588. The Morgan fingerprint density at radius 3 is 2.17 bits per heavy atom. The van der Waals surface area contributed by atoms with Gasteiger partial charge < -0.3 is 14.9 Å². The molecular formula is C26H30O3. The third-order valence-electron chi connectivity index (χ3n) is 5.67. The summed E-state index contributed by atoms with van der Waals surface area (Å²) in [5.74, 6) is 0.749. The lowest BCUT2D eigenvalue weighted by molar-refractivity contribution is -0.0115. The van der Waals surface area contributed by atoms with E-state index < -0.39 is 5.60 Å². The summed E-state index contributed by atoms with van der Waals surface area (Å²) < 4.78 is 6.43. The van der Waals surface area contributed by atoms with Crippen molar-refractivity contribution in [2.45, 2.75) is 51.4 Å². The van der Waals surface area contributed by atoms with Crippen molar-refractivity contribution >= 4 is 0 Å². The van der Waals surface area contributed by atoms with Crippen molar-refractivity contribution in [3.63, 3.8) is 0 Å². The Morgan fingerprint density at radius 1 is 0.828 bits per heavy atom.